The third-order valence-electron chi connectivity index (χ3n) is 4.77. The van der Waals surface area contributed by atoms with Crippen LogP contribution in [0.1, 0.15) is 83.6 Å². The molecule has 3 nitrogen and oxygen atoms in total. The highest BCUT2D eigenvalue weighted by Crippen LogP contribution is 2.28. The first-order valence-corrected chi connectivity index (χ1v) is 9.57. The van der Waals surface area contributed by atoms with Crippen LogP contribution in [0.5, 0.6) is 11.5 Å². The van der Waals surface area contributed by atoms with Crippen molar-refractivity contribution in [1.82, 2.24) is 0 Å². The molecule has 1 atom stereocenters. The van der Waals surface area contributed by atoms with Crippen LogP contribution in [0.25, 0.3) is 0 Å². The van der Waals surface area contributed by atoms with E-state index in [1.165, 1.54) is 44.9 Å². The molecule has 3 heteroatoms. The molecule has 0 fully saturated rings. The lowest BCUT2D eigenvalue weighted by atomic mass is 9.91. The topological polar surface area (TPSA) is 49.7 Å². The van der Waals surface area contributed by atoms with Crippen LogP contribution in [0.15, 0.2) is 18.2 Å². The highest BCUT2D eigenvalue weighted by Gasteiger charge is 2.19. The highest BCUT2D eigenvalue weighted by molar-refractivity contribution is 5.41. The summed E-state index contributed by atoms with van der Waals surface area (Å²) in [6.45, 7) is 4.18. The maximum absolute atomic E-state index is 10.5. The van der Waals surface area contributed by atoms with Gasteiger partial charge in [-0.25, -0.2) is 0 Å². The zero-order valence-electron chi connectivity index (χ0n) is 15.8. The van der Waals surface area contributed by atoms with Gasteiger partial charge in [-0.15, -0.1) is 0 Å². The second-order valence-corrected chi connectivity index (χ2v) is 7.23. The minimum Gasteiger partial charge on any atom is -0.504 e. The number of hydrogen-bond donors (Lipinski definition) is 2. The second-order valence-electron chi connectivity index (χ2n) is 7.23. The van der Waals surface area contributed by atoms with Crippen molar-refractivity contribution in [2.75, 3.05) is 7.11 Å². The number of phenols is 1. The molecule has 0 spiro atoms. The number of aromatic hydroxyl groups is 1. The first-order chi connectivity index (χ1) is 11.5. The van der Waals surface area contributed by atoms with Gasteiger partial charge < -0.3 is 14.9 Å². The molecular formula is C21H36O3. The van der Waals surface area contributed by atoms with E-state index in [9.17, 15) is 10.2 Å². The van der Waals surface area contributed by atoms with Crippen LogP contribution in [0.4, 0.5) is 0 Å². The second kappa shape index (κ2) is 11.4. The number of hydrogen-bond acceptors (Lipinski definition) is 3. The quantitative estimate of drug-likeness (QED) is 0.460. The highest BCUT2D eigenvalue weighted by atomic mass is 16.5. The third-order valence-corrected chi connectivity index (χ3v) is 4.77. The molecular weight excluding hydrogens is 300 g/mol. The Hall–Kier alpha value is -1.22. The van der Waals surface area contributed by atoms with Gasteiger partial charge in [0.1, 0.15) is 0 Å². The molecule has 0 heterocycles. The van der Waals surface area contributed by atoms with Crippen LogP contribution in [0.3, 0.4) is 0 Å². The van der Waals surface area contributed by atoms with Gasteiger partial charge in [-0.3, -0.25) is 0 Å². The van der Waals surface area contributed by atoms with Crippen molar-refractivity contribution in [3.05, 3.63) is 23.8 Å². The Labute approximate surface area is 148 Å². The Balaban J connectivity index is 2.21. The molecule has 0 radical (unpaired) electrons. The van der Waals surface area contributed by atoms with Gasteiger partial charge in [-0.05, 0) is 43.9 Å². The van der Waals surface area contributed by atoms with Gasteiger partial charge in [0.2, 0.25) is 0 Å². The molecule has 0 saturated carbocycles. The molecule has 0 aliphatic rings. The molecule has 0 aliphatic carbocycles. The van der Waals surface area contributed by atoms with Crippen molar-refractivity contribution in [3.63, 3.8) is 0 Å². The van der Waals surface area contributed by atoms with E-state index in [-0.39, 0.29) is 5.75 Å². The number of aliphatic hydroxyl groups is 1. The van der Waals surface area contributed by atoms with Crippen molar-refractivity contribution < 1.29 is 14.9 Å². The fraction of sp³-hybridized carbons (Fsp3) is 0.714. The van der Waals surface area contributed by atoms with E-state index < -0.39 is 5.60 Å². The number of unbranched alkanes of at least 4 members (excludes halogenated alkanes) is 7. The van der Waals surface area contributed by atoms with Crippen molar-refractivity contribution >= 4 is 0 Å². The van der Waals surface area contributed by atoms with Crippen LogP contribution in [-0.4, -0.2) is 22.9 Å². The monoisotopic (exact) mass is 336 g/mol. The lowest BCUT2D eigenvalue weighted by molar-refractivity contribution is 0.0395. The molecule has 0 bridgehead atoms. The van der Waals surface area contributed by atoms with E-state index in [1.54, 1.807) is 13.2 Å². The average Bonchev–Trinajstić information content (AvgIpc) is 2.56. The standard InChI is InChI=1S/C21H36O3/c1-4-5-6-7-8-9-10-11-15-21(2,23)16-14-18-12-13-19(22)20(17-18)24-3/h12-13,17,22-23H,4-11,14-16H2,1-3H3. The summed E-state index contributed by atoms with van der Waals surface area (Å²) >= 11 is 0. The van der Waals surface area contributed by atoms with Gasteiger partial charge in [-0.2, -0.15) is 0 Å². The largest absolute Gasteiger partial charge is 0.504 e. The zero-order chi connectivity index (χ0) is 17.8. The summed E-state index contributed by atoms with van der Waals surface area (Å²) in [5.74, 6) is 0.655. The molecule has 0 amide bonds. The van der Waals surface area contributed by atoms with Gasteiger partial charge in [-0.1, -0.05) is 64.4 Å². The molecule has 0 aromatic heterocycles. The van der Waals surface area contributed by atoms with Gasteiger partial charge in [0.15, 0.2) is 11.5 Å². The van der Waals surface area contributed by atoms with Crippen molar-refractivity contribution in [2.45, 2.75) is 90.1 Å². The SMILES string of the molecule is CCCCCCCCCCC(C)(O)CCc1ccc(O)c(OC)c1. The molecule has 1 aromatic carbocycles. The summed E-state index contributed by atoms with van der Waals surface area (Å²) in [7, 11) is 1.55. The third kappa shape index (κ3) is 8.58. The maximum atomic E-state index is 10.5. The van der Waals surface area contributed by atoms with E-state index in [0.29, 0.717) is 5.75 Å². The number of phenolic OH excluding ortho intramolecular Hbond substituents is 1. The van der Waals surface area contributed by atoms with E-state index >= 15 is 0 Å². The first-order valence-electron chi connectivity index (χ1n) is 9.57. The van der Waals surface area contributed by atoms with Gasteiger partial charge >= 0.3 is 0 Å². The normalized spacial score (nSPS) is 13.7. The Morgan fingerprint density at radius 1 is 0.958 bits per heavy atom. The minimum absolute atomic E-state index is 0.159. The van der Waals surface area contributed by atoms with Crippen LogP contribution in [0, 0.1) is 0 Å². The molecule has 1 unspecified atom stereocenters. The van der Waals surface area contributed by atoms with E-state index in [4.69, 9.17) is 4.74 Å². The smallest absolute Gasteiger partial charge is 0.160 e. The Morgan fingerprint density at radius 2 is 1.58 bits per heavy atom. The fourth-order valence-corrected chi connectivity index (χ4v) is 3.06. The lowest BCUT2D eigenvalue weighted by Crippen LogP contribution is -2.24. The average molecular weight is 337 g/mol. The molecule has 0 saturated heterocycles. The number of methoxy groups -OCH3 is 1. The minimum atomic E-state index is -0.618. The Kier molecular flexibility index (Phi) is 9.85. The van der Waals surface area contributed by atoms with Gasteiger partial charge in [0, 0.05) is 0 Å². The zero-order valence-corrected chi connectivity index (χ0v) is 15.8. The number of benzene rings is 1. The van der Waals surface area contributed by atoms with E-state index in [1.807, 2.05) is 19.1 Å². The van der Waals surface area contributed by atoms with Gasteiger partial charge in [0.25, 0.3) is 0 Å². The van der Waals surface area contributed by atoms with Crippen LogP contribution < -0.4 is 4.74 Å². The molecule has 24 heavy (non-hydrogen) atoms. The lowest BCUT2D eigenvalue weighted by Gasteiger charge is -2.23. The summed E-state index contributed by atoms with van der Waals surface area (Å²) in [6, 6.07) is 5.40. The summed E-state index contributed by atoms with van der Waals surface area (Å²) < 4.78 is 5.13. The van der Waals surface area contributed by atoms with Crippen LogP contribution in [0.2, 0.25) is 0 Å². The predicted octanol–water partition coefficient (Wildman–Crippen LogP) is 5.62. The molecule has 138 valence electrons. The van der Waals surface area contributed by atoms with Gasteiger partial charge in [0.05, 0.1) is 12.7 Å². The molecule has 1 rings (SSSR count). The molecule has 0 aliphatic heterocycles. The van der Waals surface area contributed by atoms with Crippen LogP contribution >= 0.6 is 0 Å². The molecule has 2 N–H and O–H groups in total. The molecule has 1 aromatic rings. The fourth-order valence-electron chi connectivity index (χ4n) is 3.06. The Bertz CT molecular complexity index is 454. The van der Waals surface area contributed by atoms with E-state index in [0.717, 1.165) is 31.2 Å². The van der Waals surface area contributed by atoms with Crippen LogP contribution in [-0.2, 0) is 6.42 Å². The summed E-state index contributed by atoms with van der Waals surface area (Å²) in [5.41, 5.74) is 0.466. The Morgan fingerprint density at radius 3 is 2.21 bits per heavy atom. The van der Waals surface area contributed by atoms with Crippen molar-refractivity contribution in [1.29, 1.82) is 0 Å². The summed E-state index contributed by atoms with van der Waals surface area (Å²) in [4.78, 5) is 0. The number of ether oxygens (including phenoxy) is 1. The van der Waals surface area contributed by atoms with Crippen molar-refractivity contribution in [2.24, 2.45) is 0 Å². The predicted molar refractivity (Wildman–Crippen MR) is 101 cm³/mol. The summed E-state index contributed by atoms with van der Waals surface area (Å²) in [5, 5.41) is 20.2. The van der Waals surface area contributed by atoms with Crippen molar-refractivity contribution in [3.8, 4) is 11.5 Å². The first kappa shape index (κ1) is 20.8. The summed E-state index contributed by atoms with van der Waals surface area (Å²) in [6.07, 6.45) is 12.7. The number of aryl methyl sites for hydroxylation is 1. The number of rotatable bonds is 13. The van der Waals surface area contributed by atoms with E-state index in [2.05, 4.69) is 6.92 Å². The maximum Gasteiger partial charge on any atom is 0.160 e.